The summed E-state index contributed by atoms with van der Waals surface area (Å²) in [6, 6.07) is 0. The number of amides is 1. The Morgan fingerprint density at radius 1 is 0.960 bits per heavy atom. The van der Waals surface area contributed by atoms with Gasteiger partial charge < -0.3 is 40.3 Å². The molecule has 25 heavy (non-hydrogen) atoms. The summed E-state index contributed by atoms with van der Waals surface area (Å²) >= 11 is 0. The first-order chi connectivity index (χ1) is 11.6. The normalized spacial score (nSPS) is 33.1. The van der Waals surface area contributed by atoms with Crippen molar-refractivity contribution in [2.24, 2.45) is 0 Å². The van der Waals surface area contributed by atoms with Gasteiger partial charge in [-0.3, -0.25) is 4.52 Å². The maximum atomic E-state index is 11.7. The number of phosphoric ester groups is 1. The molecule has 0 radical (unpaired) electrons. The zero-order valence-corrected chi connectivity index (χ0v) is 14.7. The van der Waals surface area contributed by atoms with Gasteiger partial charge in [0, 0.05) is 6.54 Å². The molecule has 0 aromatic carbocycles. The molecule has 148 valence electrons. The molecule has 0 bridgehead atoms. The lowest BCUT2D eigenvalue weighted by atomic mass is 9.85. The van der Waals surface area contributed by atoms with Gasteiger partial charge in [0.05, 0.1) is 0 Å². The van der Waals surface area contributed by atoms with Crippen LogP contribution in [0.2, 0.25) is 0 Å². The molecule has 0 unspecified atom stereocenters. The number of aliphatic hydroxyl groups excluding tert-OH is 4. The third kappa shape index (κ3) is 6.80. The van der Waals surface area contributed by atoms with Crippen molar-refractivity contribution in [3.63, 3.8) is 0 Å². The summed E-state index contributed by atoms with van der Waals surface area (Å²) in [6.07, 6.45) is -8.84. The Labute approximate surface area is 144 Å². The molecule has 1 rings (SSSR count). The second kappa shape index (κ2) is 9.79. The van der Waals surface area contributed by atoms with E-state index in [1.165, 1.54) is 0 Å². The summed E-state index contributed by atoms with van der Waals surface area (Å²) in [5, 5.41) is 41.7. The fourth-order valence-electron chi connectivity index (χ4n) is 2.51. The lowest BCUT2D eigenvalue weighted by Gasteiger charge is -2.42. The second-order valence-corrected chi connectivity index (χ2v) is 7.07. The van der Waals surface area contributed by atoms with Crippen LogP contribution >= 0.6 is 7.82 Å². The molecule has 1 aliphatic rings. The van der Waals surface area contributed by atoms with Crippen molar-refractivity contribution in [1.29, 1.82) is 0 Å². The van der Waals surface area contributed by atoms with Crippen LogP contribution < -0.4 is 5.32 Å². The summed E-state index contributed by atoms with van der Waals surface area (Å²) in [4.78, 5) is 29.4. The van der Waals surface area contributed by atoms with Gasteiger partial charge in [-0.2, -0.15) is 0 Å². The van der Waals surface area contributed by atoms with Crippen molar-refractivity contribution >= 4 is 13.9 Å². The van der Waals surface area contributed by atoms with Crippen molar-refractivity contribution < 1.29 is 48.8 Å². The van der Waals surface area contributed by atoms with Gasteiger partial charge in [-0.15, -0.1) is 0 Å². The number of unbranched alkanes of at least 4 members (excludes halogenated alkanes) is 3. The number of rotatable bonds is 8. The molecule has 1 fully saturated rings. The maximum Gasteiger partial charge on any atom is 0.470 e. The molecule has 0 saturated heterocycles. The van der Waals surface area contributed by atoms with Crippen LogP contribution in [0.15, 0.2) is 0 Å². The lowest BCUT2D eigenvalue weighted by molar-refractivity contribution is -0.219. The van der Waals surface area contributed by atoms with Gasteiger partial charge in [0.15, 0.2) is 6.10 Å². The van der Waals surface area contributed by atoms with Crippen LogP contribution in [-0.2, 0) is 13.8 Å². The fraction of sp³-hybridized carbons (Fsp3) is 0.923. The molecule has 0 aromatic rings. The molecule has 0 spiro atoms. The van der Waals surface area contributed by atoms with Crippen LogP contribution in [0.4, 0.5) is 4.79 Å². The smallest absolute Gasteiger partial charge is 0.440 e. The number of ether oxygens (including phenoxy) is 1. The molecule has 0 aliphatic heterocycles. The lowest BCUT2D eigenvalue weighted by Crippen LogP contribution is -2.65. The molecular weight excluding hydrogens is 361 g/mol. The minimum Gasteiger partial charge on any atom is -0.440 e. The molecule has 1 saturated carbocycles. The summed E-state index contributed by atoms with van der Waals surface area (Å²) in [6.45, 7) is 2.33. The van der Waals surface area contributed by atoms with E-state index in [2.05, 4.69) is 9.84 Å². The van der Waals surface area contributed by atoms with Gasteiger partial charge in [-0.1, -0.05) is 26.2 Å². The molecule has 1 amide bonds. The van der Waals surface area contributed by atoms with E-state index in [1.807, 2.05) is 6.92 Å². The number of carbonyl (C=O) groups is 1. The van der Waals surface area contributed by atoms with Crippen LogP contribution in [0, 0.1) is 0 Å². The molecular formula is C13H26NO10P. The number of alkyl carbamates (subject to hydrolysis) is 1. The molecule has 11 nitrogen and oxygen atoms in total. The number of phosphoric acid groups is 1. The molecule has 0 heterocycles. The minimum absolute atomic E-state index is 0.297. The minimum atomic E-state index is -5.11. The Morgan fingerprint density at radius 2 is 1.56 bits per heavy atom. The average Bonchev–Trinajstić information content (AvgIpc) is 2.53. The molecule has 1 aliphatic carbocycles. The van der Waals surface area contributed by atoms with E-state index in [4.69, 9.17) is 14.5 Å². The molecule has 6 atom stereocenters. The van der Waals surface area contributed by atoms with Crippen LogP contribution in [0.25, 0.3) is 0 Å². The third-order valence-electron chi connectivity index (χ3n) is 3.85. The van der Waals surface area contributed by atoms with E-state index in [0.717, 1.165) is 19.3 Å². The highest BCUT2D eigenvalue weighted by molar-refractivity contribution is 7.46. The Balaban J connectivity index is 2.66. The van der Waals surface area contributed by atoms with Crippen LogP contribution in [0.3, 0.4) is 0 Å². The predicted octanol–water partition coefficient (Wildman–Crippen LogP) is -1.40. The van der Waals surface area contributed by atoms with Crippen molar-refractivity contribution in [2.75, 3.05) is 6.54 Å². The summed E-state index contributed by atoms with van der Waals surface area (Å²) in [7, 11) is -5.11. The zero-order valence-electron chi connectivity index (χ0n) is 13.8. The van der Waals surface area contributed by atoms with Gasteiger partial charge in [-0.25, -0.2) is 9.36 Å². The van der Waals surface area contributed by atoms with E-state index >= 15 is 0 Å². The van der Waals surface area contributed by atoms with Gasteiger partial charge in [0.2, 0.25) is 0 Å². The fourth-order valence-corrected chi connectivity index (χ4v) is 3.08. The third-order valence-corrected chi connectivity index (χ3v) is 4.37. The van der Waals surface area contributed by atoms with Gasteiger partial charge in [0.1, 0.15) is 30.5 Å². The highest BCUT2D eigenvalue weighted by Crippen LogP contribution is 2.41. The zero-order chi connectivity index (χ0) is 19.2. The van der Waals surface area contributed by atoms with E-state index in [9.17, 15) is 29.8 Å². The topological polar surface area (TPSA) is 186 Å². The number of aliphatic hydroxyl groups is 4. The van der Waals surface area contributed by atoms with Gasteiger partial charge in [0.25, 0.3) is 0 Å². The van der Waals surface area contributed by atoms with E-state index in [0.29, 0.717) is 13.0 Å². The molecule has 12 heteroatoms. The Bertz CT molecular complexity index is 472. The predicted molar refractivity (Wildman–Crippen MR) is 83.4 cm³/mol. The highest BCUT2D eigenvalue weighted by atomic mass is 31.2. The Morgan fingerprint density at radius 3 is 2.12 bits per heavy atom. The average molecular weight is 387 g/mol. The van der Waals surface area contributed by atoms with Crippen molar-refractivity contribution in [3.8, 4) is 0 Å². The number of carbonyl (C=O) groups excluding carboxylic acids is 1. The quantitative estimate of drug-likeness (QED) is 0.193. The second-order valence-electron chi connectivity index (χ2n) is 5.88. The van der Waals surface area contributed by atoms with Crippen LogP contribution in [-0.4, -0.2) is 79.5 Å². The van der Waals surface area contributed by atoms with Crippen molar-refractivity contribution in [1.82, 2.24) is 5.32 Å². The monoisotopic (exact) mass is 387 g/mol. The molecule has 0 aromatic heterocycles. The summed E-state index contributed by atoms with van der Waals surface area (Å²) in [5.41, 5.74) is 0. The largest absolute Gasteiger partial charge is 0.470 e. The van der Waals surface area contributed by atoms with Crippen LogP contribution in [0.1, 0.15) is 32.6 Å². The first-order valence-electron chi connectivity index (χ1n) is 7.99. The van der Waals surface area contributed by atoms with Crippen molar-refractivity contribution in [3.05, 3.63) is 0 Å². The highest BCUT2D eigenvalue weighted by Gasteiger charge is 2.53. The number of nitrogens with one attached hydrogen (secondary N) is 1. The maximum absolute atomic E-state index is 11.7. The van der Waals surface area contributed by atoms with E-state index in [-0.39, 0.29) is 0 Å². The van der Waals surface area contributed by atoms with Gasteiger partial charge in [-0.05, 0) is 6.42 Å². The van der Waals surface area contributed by atoms with E-state index in [1.54, 1.807) is 0 Å². The Kier molecular flexibility index (Phi) is 8.72. The summed E-state index contributed by atoms with van der Waals surface area (Å²) in [5.74, 6) is 0. The standard InChI is InChI=1S/C13H26NO10P/c1-2-3-4-5-6-14-13(19)23-11-8(16)7(15)9(17)12(10(11)18)24-25(20,21)22/h7-12,15-18H,2-6H2,1H3,(H,14,19)(H2,20,21,22)/t7-,8-,9+,10+,11+,12-/m0/s1. The summed E-state index contributed by atoms with van der Waals surface area (Å²) < 4.78 is 20.0. The van der Waals surface area contributed by atoms with Crippen molar-refractivity contribution in [2.45, 2.75) is 69.2 Å². The Hall–Kier alpha value is -0.780. The number of hydrogen-bond donors (Lipinski definition) is 7. The SMILES string of the molecule is CCCCCCNC(=O)O[C@H]1[C@@H](O)[C@@H](OP(=O)(O)O)[C@H](O)[C@@H](O)[C@@H]1O. The van der Waals surface area contributed by atoms with E-state index < -0.39 is 50.5 Å². The van der Waals surface area contributed by atoms with Crippen LogP contribution in [0.5, 0.6) is 0 Å². The number of hydrogen-bond acceptors (Lipinski definition) is 8. The van der Waals surface area contributed by atoms with Gasteiger partial charge >= 0.3 is 13.9 Å². The molecule has 7 N–H and O–H groups in total. The first kappa shape index (κ1) is 22.3. The first-order valence-corrected chi connectivity index (χ1v) is 9.52.